The maximum atomic E-state index is 6.40. The summed E-state index contributed by atoms with van der Waals surface area (Å²) >= 11 is 16.0. The van der Waals surface area contributed by atoms with Gasteiger partial charge in [0.25, 0.3) is 5.78 Å². The summed E-state index contributed by atoms with van der Waals surface area (Å²) in [6.45, 7) is 4.06. The molecule has 0 aliphatic heterocycles. The first-order valence-corrected chi connectivity index (χ1v) is 8.15. The first kappa shape index (κ1) is 15.5. The average molecular weight is 401 g/mol. The number of benzene rings is 1. The lowest BCUT2D eigenvalue weighted by molar-refractivity contribution is 0.849. The molecule has 0 saturated carbocycles. The Labute approximate surface area is 145 Å². The third-order valence-corrected chi connectivity index (χ3v) is 3.92. The number of rotatable bonds is 3. The number of nitrogens with zero attached hydrogens (tertiary/aromatic N) is 4. The molecule has 0 aliphatic rings. The van der Waals surface area contributed by atoms with Gasteiger partial charge in [-0.25, -0.2) is 0 Å². The van der Waals surface area contributed by atoms with Crippen molar-refractivity contribution in [3.05, 3.63) is 39.2 Å². The number of halogens is 3. The van der Waals surface area contributed by atoms with Gasteiger partial charge < -0.3 is 5.32 Å². The normalized spacial score (nSPS) is 11.4. The number of fused-ring (bicyclic) bond motifs is 1. The van der Waals surface area contributed by atoms with Crippen LogP contribution in [0.4, 0.5) is 5.82 Å². The van der Waals surface area contributed by atoms with Crippen LogP contribution in [0.3, 0.4) is 0 Å². The van der Waals surface area contributed by atoms with Crippen LogP contribution in [0.15, 0.2) is 29.0 Å². The highest BCUT2D eigenvalue weighted by Crippen LogP contribution is 2.38. The Morgan fingerprint density at radius 1 is 1.18 bits per heavy atom. The Morgan fingerprint density at radius 2 is 1.91 bits per heavy atom. The average Bonchev–Trinajstić information content (AvgIpc) is 2.80. The second-order valence-corrected chi connectivity index (χ2v) is 6.47. The fourth-order valence-corrected chi connectivity index (χ4v) is 2.97. The molecule has 0 fully saturated rings. The van der Waals surface area contributed by atoms with E-state index in [9.17, 15) is 0 Å². The Hall–Kier alpha value is -1.37. The van der Waals surface area contributed by atoms with Crippen molar-refractivity contribution in [3.8, 4) is 11.1 Å². The lowest BCUT2D eigenvalue weighted by Gasteiger charge is -2.17. The summed E-state index contributed by atoms with van der Waals surface area (Å²) in [7, 11) is 0. The van der Waals surface area contributed by atoms with Gasteiger partial charge >= 0.3 is 0 Å². The predicted octanol–water partition coefficient (Wildman–Crippen LogP) is 4.68. The van der Waals surface area contributed by atoms with Crippen molar-refractivity contribution in [2.24, 2.45) is 0 Å². The third kappa shape index (κ3) is 2.78. The molecule has 0 aliphatic carbocycles. The molecule has 0 saturated heterocycles. The van der Waals surface area contributed by atoms with Crippen LogP contribution in [0.25, 0.3) is 16.9 Å². The molecule has 1 aromatic carbocycles. The summed E-state index contributed by atoms with van der Waals surface area (Å²) in [5.74, 6) is 1.12. The molecule has 114 valence electrons. The highest BCUT2D eigenvalue weighted by molar-refractivity contribution is 9.10. The van der Waals surface area contributed by atoms with Crippen LogP contribution in [0.1, 0.15) is 13.8 Å². The summed E-state index contributed by atoms with van der Waals surface area (Å²) in [6, 6.07) is 7.65. The van der Waals surface area contributed by atoms with Gasteiger partial charge in [0.05, 0.1) is 5.56 Å². The largest absolute Gasteiger partial charge is 0.367 e. The Bertz CT molecular complexity index is 847. The predicted molar refractivity (Wildman–Crippen MR) is 92.7 cm³/mol. The number of anilines is 1. The van der Waals surface area contributed by atoms with E-state index in [1.807, 2.05) is 38.1 Å². The maximum absolute atomic E-state index is 6.40. The first-order chi connectivity index (χ1) is 10.5. The van der Waals surface area contributed by atoms with Crippen LogP contribution in [0.2, 0.25) is 10.2 Å². The van der Waals surface area contributed by atoms with Crippen molar-refractivity contribution < 1.29 is 0 Å². The number of aromatic nitrogens is 4. The molecule has 0 unspecified atom stereocenters. The second-order valence-electron chi connectivity index (χ2n) is 5.00. The molecule has 22 heavy (non-hydrogen) atoms. The summed E-state index contributed by atoms with van der Waals surface area (Å²) in [5.41, 5.74) is 1.49. The van der Waals surface area contributed by atoms with E-state index in [-0.39, 0.29) is 6.04 Å². The van der Waals surface area contributed by atoms with Crippen molar-refractivity contribution >= 4 is 50.7 Å². The van der Waals surface area contributed by atoms with Gasteiger partial charge in [-0.2, -0.15) is 14.5 Å². The van der Waals surface area contributed by atoms with E-state index < -0.39 is 0 Å². The minimum Gasteiger partial charge on any atom is -0.367 e. The number of hydrogen-bond donors (Lipinski definition) is 1. The van der Waals surface area contributed by atoms with Gasteiger partial charge in [0, 0.05) is 16.6 Å². The van der Waals surface area contributed by atoms with Crippen LogP contribution >= 0.6 is 39.1 Å². The van der Waals surface area contributed by atoms with E-state index in [1.165, 1.54) is 0 Å². The van der Waals surface area contributed by atoms with Crippen LogP contribution in [-0.2, 0) is 0 Å². The fourth-order valence-electron chi connectivity index (χ4n) is 2.16. The van der Waals surface area contributed by atoms with E-state index in [0.29, 0.717) is 32.1 Å². The molecule has 2 heterocycles. The lowest BCUT2D eigenvalue weighted by Crippen LogP contribution is -2.15. The van der Waals surface area contributed by atoms with Crippen molar-refractivity contribution in [1.82, 2.24) is 19.6 Å². The molecular weight excluding hydrogens is 389 g/mol. The molecule has 0 spiro atoms. The van der Waals surface area contributed by atoms with Crippen LogP contribution in [0.5, 0.6) is 0 Å². The zero-order chi connectivity index (χ0) is 15.9. The van der Waals surface area contributed by atoms with Gasteiger partial charge in [-0.15, -0.1) is 5.10 Å². The molecule has 5 nitrogen and oxygen atoms in total. The lowest BCUT2D eigenvalue weighted by atomic mass is 10.1. The van der Waals surface area contributed by atoms with E-state index >= 15 is 0 Å². The summed E-state index contributed by atoms with van der Waals surface area (Å²) in [6.07, 6.45) is 0. The van der Waals surface area contributed by atoms with Crippen molar-refractivity contribution in [2.45, 2.75) is 19.9 Å². The van der Waals surface area contributed by atoms with Crippen LogP contribution in [-0.4, -0.2) is 25.6 Å². The molecule has 0 atom stereocenters. The van der Waals surface area contributed by atoms with Gasteiger partial charge in [-0.05, 0) is 35.8 Å². The zero-order valence-corrected chi connectivity index (χ0v) is 14.9. The monoisotopic (exact) mass is 399 g/mol. The van der Waals surface area contributed by atoms with Crippen molar-refractivity contribution in [1.29, 1.82) is 0 Å². The molecule has 0 radical (unpaired) electrons. The third-order valence-electron chi connectivity index (χ3n) is 2.99. The molecule has 3 aromatic rings. The first-order valence-electron chi connectivity index (χ1n) is 6.60. The Balaban J connectivity index is 2.37. The minimum absolute atomic E-state index is 0.172. The zero-order valence-electron chi connectivity index (χ0n) is 11.8. The van der Waals surface area contributed by atoms with Gasteiger partial charge in [-0.3, -0.25) is 0 Å². The van der Waals surface area contributed by atoms with E-state index in [2.05, 4.69) is 36.3 Å². The summed E-state index contributed by atoms with van der Waals surface area (Å²) in [4.78, 5) is 8.51. The van der Waals surface area contributed by atoms with Crippen LogP contribution < -0.4 is 5.32 Å². The summed E-state index contributed by atoms with van der Waals surface area (Å²) < 4.78 is 2.06. The number of hydrogen-bond acceptors (Lipinski definition) is 4. The SMILES string of the molecule is CC(C)Nc1c(-c2ccccc2Cl)c(Cl)nc2nc(Br)nn12. The molecular formula is C14H12BrCl2N5. The fraction of sp³-hybridized carbons (Fsp3) is 0.214. The number of nitrogens with one attached hydrogen (secondary N) is 1. The highest BCUT2D eigenvalue weighted by Gasteiger charge is 2.20. The Kier molecular flexibility index (Phi) is 4.25. The quantitative estimate of drug-likeness (QED) is 0.648. The maximum Gasteiger partial charge on any atom is 0.256 e. The van der Waals surface area contributed by atoms with Crippen molar-refractivity contribution in [3.63, 3.8) is 0 Å². The molecule has 8 heteroatoms. The standard InChI is InChI=1S/C14H12BrCl2N5/c1-7(2)18-12-10(8-5-3-4-6-9(8)16)11(17)19-14-20-13(15)21-22(12)14/h3-7,18H,1-2H3. The van der Waals surface area contributed by atoms with Gasteiger partial charge in [0.15, 0.2) is 0 Å². The highest BCUT2D eigenvalue weighted by atomic mass is 79.9. The summed E-state index contributed by atoms with van der Waals surface area (Å²) in [5, 5.41) is 8.59. The van der Waals surface area contributed by atoms with Gasteiger partial charge in [0.1, 0.15) is 11.0 Å². The smallest absolute Gasteiger partial charge is 0.256 e. The minimum atomic E-state index is 0.172. The van der Waals surface area contributed by atoms with Gasteiger partial charge in [0.2, 0.25) is 4.73 Å². The topological polar surface area (TPSA) is 55.1 Å². The van der Waals surface area contributed by atoms with Crippen molar-refractivity contribution in [2.75, 3.05) is 5.32 Å². The molecule has 3 rings (SSSR count). The van der Waals surface area contributed by atoms with E-state index in [1.54, 1.807) is 4.52 Å². The molecule has 0 amide bonds. The van der Waals surface area contributed by atoms with E-state index in [4.69, 9.17) is 23.2 Å². The second kappa shape index (κ2) is 6.02. The molecule has 0 bridgehead atoms. The van der Waals surface area contributed by atoms with E-state index in [0.717, 1.165) is 5.56 Å². The van der Waals surface area contributed by atoms with Crippen LogP contribution in [0, 0.1) is 0 Å². The molecule has 2 aromatic heterocycles. The Morgan fingerprint density at radius 3 is 2.59 bits per heavy atom. The van der Waals surface area contributed by atoms with Gasteiger partial charge in [-0.1, -0.05) is 41.4 Å². The molecule has 1 N–H and O–H groups in total.